The lowest BCUT2D eigenvalue weighted by molar-refractivity contribution is -0.147. The number of carboxylic acid groups (broad SMARTS) is 1. The molecule has 5 nitrogen and oxygen atoms in total. The van der Waals surface area contributed by atoms with Gasteiger partial charge in [-0.3, -0.25) is 14.5 Å². The zero-order valence-corrected chi connectivity index (χ0v) is 14.7. The molecule has 1 saturated heterocycles. The summed E-state index contributed by atoms with van der Waals surface area (Å²) >= 11 is 0. The summed E-state index contributed by atoms with van der Waals surface area (Å²) in [6.07, 6.45) is 0.578. The van der Waals surface area contributed by atoms with E-state index in [-0.39, 0.29) is 18.5 Å². The van der Waals surface area contributed by atoms with Crippen LogP contribution in [0.1, 0.15) is 31.9 Å². The Bertz CT molecular complexity index is 799. The molecule has 1 heterocycles. The van der Waals surface area contributed by atoms with Crippen LogP contribution in [0.3, 0.4) is 0 Å². The lowest BCUT2D eigenvalue weighted by Crippen LogP contribution is -2.39. The molecule has 2 N–H and O–H groups in total. The van der Waals surface area contributed by atoms with Gasteiger partial charge in [0.2, 0.25) is 5.91 Å². The normalized spacial score (nSPS) is 22.0. The van der Waals surface area contributed by atoms with Crippen molar-refractivity contribution in [3.05, 3.63) is 48.0 Å². The van der Waals surface area contributed by atoms with E-state index in [1.54, 1.807) is 6.92 Å². The molecule has 2 aromatic rings. The monoisotopic (exact) mass is 340 g/mol. The van der Waals surface area contributed by atoms with Gasteiger partial charge in [-0.05, 0) is 43.1 Å². The number of nitrogens with zero attached hydrogens (tertiary/aromatic N) is 1. The molecule has 2 aromatic carbocycles. The van der Waals surface area contributed by atoms with E-state index in [9.17, 15) is 14.7 Å². The van der Waals surface area contributed by atoms with Gasteiger partial charge in [-0.1, -0.05) is 42.5 Å². The predicted octanol–water partition coefficient (Wildman–Crippen LogP) is 2.81. The van der Waals surface area contributed by atoms with E-state index in [1.807, 2.05) is 36.1 Å². The van der Waals surface area contributed by atoms with Crippen molar-refractivity contribution >= 4 is 22.6 Å². The summed E-state index contributed by atoms with van der Waals surface area (Å²) in [4.78, 5) is 25.6. The molecule has 1 aliphatic rings. The van der Waals surface area contributed by atoms with Crippen LogP contribution in [-0.2, 0) is 9.59 Å². The van der Waals surface area contributed by atoms with Crippen molar-refractivity contribution in [2.45, 2.75) is 26.3 Å². The fraction of sp³-hybridized carbons (Fsp3) is 0.400. The highest BCUT2D eigenvalue weighted by molar-refractivity contribution is 5.87. The molecule has 132 valence electrons. The van der Waals surface area contributed by atoms with Crippen LogP contribution in [-0.4, -0.2) is 41.5 Å². The standard InChI is InChI=1S/C20H24N2O3/c1-14(16-9-5-7-15-6-3-4-8-17(15)16)21-18(23)12-22-11-10-20(2,13-22)19(24)25/h3-9,14H,10-13H2,1-2H3,(H,21,23)(H,24,25). The molecule has 0 bridgehead atoms. The number of carbonyl (C=O) groups is 2. The number of rotatable bonds is 5. The number of fused-ring (bicyclic) bond motifs is 1. The van der Waals surface area contributed by atoms with Gasteiger partial charge in [0.15, 0.2) is 0 Å². The minimum absolute atomic E-state index is 0.0740. The molecule has 2 atom stereocenters. The summed E-state index contributed by atoms with van der Waals surface area (Å²) in [5, 5.41) is 14.6. The van der Waals surface area contributed by atoms with Crippen molar-refractivity contribution < 1.29 is 14.7 Å². The maximum Gasteiger partial charge on any atom is 0.310 e. The van der Waals surface area contributed by atoms with Gasteiger partial charge in [-0.15, -0.1) is 0 Å². The number of aliphatic carboxylic acids is 1. The average Bonchev–Trinajstić information content (AvgIpc) is 2.96. The van der Waals surface area contributed by atoms with Gasteiger partial charge in [-0.25, -0.2) is 0 Å². The number of carboxylic acids is 1. The lowest BCUT2D eigenvalue weighted by Gasteiger charge is -2.21. The number of benzene rings is 2. The average molecular weight is 340 g/mol. The molecular formula is C20H24N2O3. The van der Waals surface area contributed by atoms with Crippen LogP contribution in [0.2, 0.25) is 0 Å². The van der Waals surface area contributed by atoms with Gasteiger partial charge in [0.25, 0.3) is 0 Å². The second kappa shape index (κ2) is 6.84. The quantitative estimate of drug-likeness (QED) is 0.878. The summed E-state index contributed by atoms with van der Waals surface area (Å²) < 4.78 is 0. The van der Waals surface area contributed by atoms with E-state index in [1.165, 1.54) is 0 Å². The van der Waals surface area contributed by atoms with Crippen LogP contribution < -0.4 is 5.32 Å². The Kier molecular flexibility index (Phi) is 4.77. The first-order valence-corrected chi connectivity index (χ1v) is 8.62. The predicted molar refractivity (Wildman–Crippen MR) is 97.3 cm³/mol. The van der Waals surface area contributed by atoms with E-state index in [0.29, 0.717) is 19.5 Å². The highest BCUT2D eigenvalue weighted by Crippen LogP contribution is 2.30. The van der Waals surface area contributed by atoms with E-state index < -0.39 is 11.4 Å². The van der Waals surface area contributed by atoms with Crippen molar-refractivity contribution in [1.82, 2.24) is 10.2 Å². The maximum absolute atomic E-state index is 12.4. The van der Waals surface area contributed by atoms with Crippen molar-refractivity contribution in [2.75, 3.05) is 19.6 Å². The van der Waals surface area contributed by atoms with E-state index in [4.69, 9.17) is 0 Å². The Balaban J connectivity index is 1.64. The maximum atomic E-state index is 12.4. The van der Waals surface area contributed by atoms with Crippen molar-refractivity contribution in [3.8, 4) is 0 Å². The number of nitrogens with one attached hydrogen (secondary N) is 1. The van der Waals surface area contributed by atoms with E-state index in [0.717, 1.165) is 16.3 Å². The Morgan fingerprint density at radius 1 is 1.24 bits per heavy atom. The molecule has 3 rings (SSSR count). The van der Waals surface area contributed by atoms with E-state index in [2.05, 4.69) is 23.5 Å². The molecular weight excluding hydrogens is 316 g/mol. The number of carbonyl (C=O) groups excluding carboxylic acids is 1. The lowest BCUT2D eigenvalue weighted by atomic mass is 9.90. The Labute approximate surface area is 147 Å². The van der Waals surface area contributed by atoms with Gasteiger partial charge in [0, 0.05) is 6.54 Å². The molecule has 2 unspecified atom stereocenters. The van der Waals surface area contributed by atoms with Gasteiger partial charge >= 0.3 is 5.97 Å². The number of hydrogen-bond acceptors (Lipinski definition) is 3. The smallest absolute Gasteiger partial charge is 0.310 e. The first kappa shape index (κ1) is 17.4. The molecule has 0 saturated carbocycles. The molecule has 1 amide bonds. The SMILES string of the molecule is CC(NC(=O)CN1CCC(C)(C(=O)O)C1)c1cccc2ccccc12. The molecule has 0 aromatic heterocycles. The van der Waals surface area contributed by atoms with Gasteiger partial charge in [0.1, 0.15) is 0 Å². The third-order valence-electron chi connectivity index (χ3n) is 5.10. The fourth-order valence-electron chi connectivity index (χ4n) is 3.56. The number of amides is 1. The number of likely N-dealkylation sites (tertiary alicyclic amines) is 1. The summed E-state index contributed by atoms with van der Waals surface area (Å²) in [5.74, 6) is -0.866. The fourth-order valence-corrected chi connectivity index (χ4v) is 3.56. The highest BCUT2D eigenvalue weighted by Gasteiger charge is 2.40. The summed E-state index contributed by atoms with van der Waals surface area (Å²) in [5.41, 5.74) is 0.338. The van der Waals surface area contributed by atoms with Crippen LogP contribution in [0, 0.1) is 5.41 Å². The molecule has 0 aliphatic carbocycles. The topological polar surface area (TPSA) is 69.6 Å². The Morgan fingerprint density at radius 3 is 2.68 bits per heavy atom. The molecule has 1 aliphatic heterocycles. The zero-order chi connectivity index (χ0) is 18.0. The first-order chi connectivity index (χ1) is 11.9. The molecule has 0 spiro atoms. The first-order valence-electron chi connectivity index (χ1n) is 8.62. The van der Waals surface area contributed by atoms with Crippen LogP contribution in [0.4, 0.5) is 0 Å². The summed E-state index contributed by atoms with van der Waals surface area (Å²) in [7, 11) is 0. The minimum atomic E-state index is -0.792. The molecule has 5 heteroatoms. The second-order valence-electron chi connectivity index (χ2n) is 7.18. The van der Waals surface area contributed by atoms with Crippen molar-refractivity contribution in [2.24, 2.45) is 5.41 Å². The molecule has 0 radical (unpaired) electrons. The third-order valence-corrected chi connectivity index (χ3v) is 5.10. The zero-order valence-electron chi connectivity index (χ0n) is 14.7. The van der Waals surface area contributed by atoms with Gasteiger partial charge in [-0.2, -0.15) is 0 Å². The van der Waals surface area contributed by atoms with Crippen molar-refractivity contribution in [3.63, 3.8) is 0 Å². The second-order valence-corrected chi connectivity index (χ2v) is 7.18. The minimum Gasteiger partial charge on any atom is -0.481 e. The summed E-state index contributed by atoms with van der Waals surface area (Å²) in [6, 6.07) is 14.1. The van der Waals surface area contributed by atoms with Crippen molar-refractivity contribution in [1.29, 1.82) is 0 Å². The Hall–Kier alpha value is -2.40. The largest absolute Gasteiger partial charge is 0.481 e. The van der Waals surface area contributed by atoms with Gasteiger partial charge < -0.3 is 10.4 Å². The molecule has 25 heavy (non-hydrogen) atoms. The van der Waals surface area contributed by atoms with E-state index >= 15 is 0 Å². The Morgan fingerprint density at radius 2 is 1.96 bits per heavy atom. The van der Waals surface area contributed by atoms with Gasteiger partial charge in [0.05, 0.1) is 18.0 Å². The third kappa shape index (κ3) is 3.66. The molecule has 1 fully saturated rings. The number of hydrogen-bond donors (Lipinski definition) is 2. The van der Waals surface area contributed by atoms with Crippen LogP contribution >= 0.6 is 0 Å². The van der Waals surface area contributed by atoms with Crippen LogP contribution in [0.25, 0.3) is 10.8 Å². The van der Waals surface area contributed by atoms with Crippen LogP contribution in [0.15, 0.2) is 42.5 Å². The van der Waals surface area contributed by atoms with Crippen LogP contribution in [0.5, 0.6) is 0 Å². The highest BCUT2D eigenvalue weighted by atomic mass is 16.4. The summed E-state index contributed by atoms with van der Waals surface area (Å²) in [6.45, 7) is 5.01.